The number of hydrogen-bond acceptors (Lipinski definition) is 6. The van der Waals surface area contributed by atoms with Crippen molar-refractivity contribution in [2.45, 2.75) is 25.6 Å². The lowest BCUT2D eigenvalue weighted by Crippen LogP contribution is -2.23. The van der Waals surface area contributed by atoms with Crippen LogP contribution in [0.25, 0.3) is 11.3 Å². The number of anilines is 2. The van der Waals surface area contributed by atoms with Crippen molar-refractivity contribution in [3.05, 3.63) is 60.4 Å². The van der Waals surface area contributed by atoms with Gasteiger partial charge in [0.25, 0.3) is 5.91 Å². The van der Waals surface area contributed by atoms with Crippen molar-refractivity contribution in [2.24, 2.45) is 0 Å². The molecule has 3 heterocycles. The molecule has 0 unspecified atom stereocenters. The Balaban J connectivity index is 1.57. The standard InChI is InChI=1S/C22H20F3N5O2/c1-22(24,25)32-17-6-4-16(5-7-17)28-21(31)14-11-18(19-3-2-9-27-29-19)20(26-12-14)30-10-8-15(23)13-30/h2-7,9,11-12,15H,8,10,13H2,1H3,(H,28,31)/t15-/m1/s1. The zero-order chi connectivity index (χ0) is 22.7. The van der Waals surface area contributed by atoms with Crippen LogP contribution in [0.1, 0.15) is 23.7 Å². The normalized spacial score (nSPS) is 16.1. The average Bonchev–Trinajstić information content (AvgIpc) is 3.20. The predicted octanol–water partition coefficient (Wildman–Crippen LogP) is 4.33. The van der Waals surface area contributed by atoms with Crippen LogP contribution in [0.3, 0.4) is 0 Å². The number of carbonyl (C=O) groups is 1. The van der Waals surface area contributed by atoms with Crippen molar-refractivity contribution in [1.29, 1.82) is 0 Å². The Labute approximate surface area is 182 Å². The first-order valence-electron chi connectivity index (χ1n) is 9.94. The lowest BCUT2D eigenvalue weighted by atomic mass is 10.1. The van der Waals surface area contributed by atoms with E-state index in [0.29, 0.717) is 42.7 Å². The second-order valence-electron chi connectivity index (χ2n) is 7.42. The third-order valence-corrected chi connectivity index (χ3v) is 4.82. The number of nitrogens with zero attached hydrogens (tertiary/aromatic N) is 4. The molecule has 0 bridgehead atoms. The summed E-state index contributed by atoms with van der Waals surface area (Å²) in [6, 6.07) is 10.7. The monoisotopic (exact) mass is 443 g/mol. The zero-order valence-electron chi connectivity index (χ0n) is 17.1. The van der Waals surface area contributed by atoms with Gasteiger partial charge in [-0.1, -0.05) is 0 Å². The molecular weight excluding hydrogens is 423 g/mol. The molecule has 10 heteroatoms. The molecule has 7 nitrogen and oxygen atoms in total. The van der Waals surface area contributed by atoms with E-state index in [2.05, 4.69) is 25.2 Å². The minimum atomic E-state index is -3.30. The van der Waals surface area contributed by atoms with Crippen LogP contribution in [0.15, 0.2) is 54.9 Å². The molecule has 1 N–H and O–H groups in total. The molecule has 0 spiro atoms. The number of rotatable bonds is 6. The van der Waals surface area contributed by atoms with Gasteiger partial charge in [0.1, 0.15) is 17.7 Å². The van der Waals surface area contributed by atoms with Crippen molar-refractivity contribution < 1.29 is 22.7 Å². The van der Waals surface area contributed by atoms with Crippen molar-refractivity contribution in [1.82, 2.24) is 15.2 Å². The highest BCUT2D eigenvalue weighted by Crippen LogP contribution is 2.31. The molecule has 3 aromatic rings. The zero-order valence-corrected chi connectivity index (χ0v) is 17.1. The quantitative estimate of drug-likeness (QED) is 0.611. The molecule has 4 rings (SSSR count). The molecule has 1 fully saturated rings. The Hall–Kier alpha value is -3.69. The lowest BCUT2D eigenvalue weighted by Gasteiger charge is -2.20. The van der Waals surface area contributed by atoms with Gasteiger partial charge in [0.15, 0.2) is 0 Å². The Morgan fingerprint density at radius 1 is 1.25 bits per heavy atom. The highest BCUT2D eigenvalue weighted by atomic mass is 19.3. The van der Waals surface area contributed by atoms with Gasteiger partial charge in [-0.3, -0.25) is 4.79 Å². The second-order valence-corrected chi connectivity index (χ2v) is 7.42. The molecule has 0 radical (unpaired) electrons. The average molecular weight is 443 g/mol. The summed E-state index contributed by atoms with van der Waals surface area (Å²) in [6.07, 6.45) is -0.887. The van der Waals surface area contributed by atoms with Crippen molar-refractivity contribution in [3.63, 3.8) is 0 Å². The maximum atomic E-state index is 13.8. The fraction of sp³-hybridized carbons (Fsp3) is 0.273. The highest BCUT2D eigenvalue weighted by molar-refractivity contribution is 6.05. The Morgan fingerprint density at radius 2 is 2.03 bits per heavy atom. The highest BCUT2D eigenvalue weighted by Gasteiger charge is 2.26. The number of carbonyl (C=O) groups excluding carboxylic acids is 1. The van der Waals surface area contributed by atoms with E-state index >= 15 is 0 Å². The number of alkyl halides is 3. The first-order valence-corrected chi connectivity index (χ1v) is 9.94. The molecule has 2 aromatic heterocycles. The van der Waals surface area contributed by atoms with E-state index in [9.17, 15) is 18.0 Å². The summed E-state index contributed by atoms with van der Waals surface area (Å²) in [5.41, 5.74) is 1.72. The number of hydrogen-bond donors (Lipinski definition) is 1. The van der Waals surface area contributed by atoms with Crippen molar-refractivity contribution >= 4 is 17.4 Å². The fourth-order valence-electron chi connectivity index (χ4n) is 3.39. The summed E-state index contributed by atoms with van der Waals surface area (Å²) in [4.78, 5) is 19.0. The second kappa shape index (κ2) is 8.81. The van der Waals surface area contributed by atoms with Crippen LogP contribution in [-0.4, -0.2) is 46.5 Å². The van der Waals surface area contributed by atoms with Crippen LogP contribution in [-0.2, 0) is 0 Å². The number of aromatic nitrogens is 3. The smallest absolute Gasteiger partial charge is 0.394 e. The van der Waals surface area contributed by atoms with Crippen LogP contribution in [0.5, 0.6) is 5.75 Å². The molecule has 166 valence electrons. The van der Waals surface area contributed by atoms with Gasteiger partial charge >= 0.3 is 6.11 Å². The number of ether oxygens (including phenoxy) is 1. The van der Waals surface area contributed by atoms with E-state index in [1.165, 1.54) is 36.7 Å². The number of benzene rings is 1. The first-order chi connectivity index (χ1) is 15.3. The maximum Gasteiger partial charge on any atom is 0.394 e. The molecule has 1 saturated heterocycles. The molecule has 0 aliphatic carbocycles. The third-order valence-electron chi connectivity index (χ3n) is 4.82. The van der Waals surface area contributed by atoms with Crippen LogP contribution in [0.4, 0.5) is 24.7 Å². The van der Waals surface area contributed by atoms with Gasteiger partial charge in [-0.05, 0) is 48.9 Å². The first kappa shape index (κ1) is 21.5. The van der Waals surface area contributed by atoms with E-state index in [4.69, 9.17) is 0 Å². The summed E-state index contributed by atoms with van der Waals surface area (Å²) in [5, 5.41) is 10.7. The molecule has 1 aliphatic heterocycles. The van der Waals surface area contributed by atoms with E-state index in [0.717, 1.165) is 0 Å². The number of halogens is 3. The van der Waals surface area contributed by atoms with Crippen LogP contribution in [0.2, 0.25) is 0 Å². The fourth-order valence-corrected chi connectivity index (χ4v) is 3.39. The van der Waals surface area contributed by atoms with Crippen molar-refractivity contribution in [3.8, 4) is 17.0 Å². The lowest BCUT2D eigenvalue weighted by molar-refractivity contribution is -0.158. The molecular formula is C22H20F3N5O2. The molecule has 1 atom stereocenters. The SMILES string of the molecule is CC(F)(F)Oc1ccc(NC(=O)c2cnc(N3CC[C@@H](F)C3)c(-c3cccnn3)c2)cc1. The maximum absolute atomic E-state index is 13.8. The molecule has 32 heavy (non-hydrogen) atoms. The predicted molar refractivity (Wildman–Crippen MR) is 113 cm³/mol. The number of nitrogens with one attached hydrogen (secondary N) is 1. The van der Waals surface area contributed by atoms with E-state index in [-0.39, 0.29) is 17.9 Å². The van der Waals surface area contributed by atoms with E-state index in [1.54, 1.807) is 18.2 Å². The van der Waals surface area contributed by atoms with Gasteiger partial charge in [-0.25, -0.2) is 9.37 Å². The number of pyridine rings is 1. The van der Waals surface area contributed by atoms with E-state index in [1.807, 2.05) is 4.90 Å². The Bertz CT molecular complexity index is 1090. The molecule has 1 aliphatic rings. The van der Waals surface area contributed by atoms with E-state index < -0.39 is 18.2 Å². The molecule has 0 saturated carbocycles. The van der Waals surface area contributed by atoms with Crippen LogP contribution in [0, 0.1) is 0 Å². The summed E-state index contributed by atoms with van der Waals surface area (Å²) in [6.45, 7) is 1.37. The van der Waals surface area contributed by atoms with Crippen LogP contribution < -0.4 is 15.0 Å². The topological polar surface area (TPSA) is 80.2 Å². The minimum absolute atomic E-state index is 0.0248. The van der Waals surface area contributed by atoms with Gasteiger partial charge in [0.05, 0.1) is 17.8 Å². The summed E-state index contributed by atoms with van der Waals surface area (Å²) >= 11 is 0. The largest absolute Gasteiger partial charge is 0.433 e. The summed E-state index contributed by atoms with van der Waals surface area (Å²) in [7, 11) is 0. The number of amides is 1. The minimum Gasteiger partial charge on any atom is -0.433 e. The summed E-state index contributed by atoms with van der Waals surface area (Å²) in [5.74, 6) is 0.0564. The van der Waals surface area contributed by atoms with Gasteiger partial charge in [-0.15, -0.1) is 0 Å². The van der Waals surface area contributed by atoms with Gasteiger partial charge in [-0.2, -0.15) is 19.0 Å². The summed E-state index contributed by atoms with van der Waals surface area (Å²) < 4.78 is 44.1. The third kappa shape index (κ3) is 5.13. The Morgan fingerprint density at radius 3 is 2.66 bits per heavy atom. The molecule has 1 aromatic carbocycles. The van der Waals surface area contributed by atoms with Crippen LogP contribution >= 0.6 is 0 Å². The van der Waals surface area contributed by atoms with Gasteiger partial charge < -0.3 is 15.0 Å². The van der Waals surface area contributed by atoms with Gasteiger partial charge in [0.2, 0.25) is 0 Å². The van der Waals surface area contributed by atoms with Crippen molar-refractivity contribution in [2.75, 3.05) is 23.3 Å². The Kier molecular flexibility index (Phi) is 5.93. The van der Waals surface area contributed by atoms with Gasteiger partial charge in [0, 0.05) is 37.1 Å². The molecule has 1 amide bonds.